The van der Waals surface area contributed by atoms with E-state index in [1.807, 2.05) is 35.2 Å². The first-order chi connectivity index (χ1) is 12.7. The van der Waals surface area contributed by atoms with E-state index in [-0.39, 0.29) is 5.91 Å². The highest BCUT2D eigenvalue weighted by atomic mass is 79.9. The summed E-state index contributed by atoms with van der Waals surface area (Å²) >= 11 is 5.27. The highest BCUT2D eigenvalue weighted by Gasteiger charge is 2.18. The third kappa shape index (κ3) is 5.91. The van der Waals surface area contributed by atoms with E-state index in [9.17, 15) is 4.79 Å². The van der Waals surface area contributed by atoms with Gasteiger partial charge in [0.15, 0.2) is 0 Å². The molecule has 0 atom stereocenters. The third-order valence-corrected chi connectivity index (χ3v) is 6.37. The standard InChI is InChI=1S/C20H25BrN2O2S/c21-19-7-2-1-5-17(19)15-20(24)23(16-18-6-3-14-26-18)9-4-8-22-10-12-25-13-11-22/h1-3,5-7,14H,4,8-13,15-16H2/p+1. The van der Waals surface area contributed by atoms with E-state index < -0.39 is 0 Å². The maximum Gasteiger partial charge on any atom is 0.227 e. The average molecular weight is 438 g/mol. The highest BCUT2D eigenvalue weighted by Crippen LogP contribution is 2.18. The summed E-state index contributed by atoms with van der Waals surface area (Å²) in [6, 6.07) is 12.1. The van der Waals surface area contributed by atoms with Crippen LogP contribution in [0.3, 0.4) is 0 Å². The van der Waals surface area contributed by atoms with Crippen molar-refractivity contribution in [1.82, 2.24) is 4.90 Å². The normalized spacial score (nSPS) is 15.1. The number of hydrogen-bond donors (Lipinski definition) is 1. The van der Waals surface area contributed by atoms with Gasteiger partial charge in [-0.25, -0.2) is 0 Å². The molecule has 1 aliphatic rings. The predicted octanol–water partition coefficient (Wildman–Crippen LogP) is 2.39. The summed E-state index contributed by atoms with van der Waals surface area (Å²) in [6.07, 6.45) is 1.47. The van der Waals surface area contributed by atoms with Crippen LogP contribution in [0, 0.1) is 0 Å². The van der Waals surface area contributed by atoms with Gasteiger partial charge in [-0.1, -0.05) is 40.2 Å². The monoisotopic (exact) mass is 437 g/mol. The number of ether oxygens (including phenoxy) is 1. The molecule has 0 radical (unpaired) electrons. The Bertz CT molecular complexity index is 687. The number of carbonyl (C=O) groups excluding carboxylic acids is 1. The summed E-state index contributed by atoms with van der Waals surface area (Å²) in [7, 11) is 0. The fourth-order valence-electron chi connectivity index (χ4n) is 3.23. The van der Waals surface area contributed by atoms with Crippen LogP contribution in [0.2, 0.25) is 0 Å². The zero-order chi connectivity index (χ0) is 18.2. The van der Waals surface area contributed by atoms with Crippen LogP contribution in [-0.2, 0) is 22.5 Å². The second kappa shape index (κ2) is 10.2. The van der Waals surface area contributed by atoms with Gasteiger partial charge in [0.1, 0.15) is 13.1 Å². The number of rotatable bonds is 8. The number of amides is 1. The summed E-state index contributed by atoms with van der Waals surface area (Å²) in [5.41, 5.74) is 1.05. The van der Waals surface area contributed by atoms with Crippen molar-refractivity contribution in [3.05, 3.63) is 56.7 Å². The molecule has 0 saturated carbocycles. The van der Waals surface area contributed by atoms with Gasteiger partial charge < -0.3 is 14.5 Å². The average Bonchev–Trinajstić information content (AvgIpc) is 3.17. The fraction of sp³-hybridized carbons (Fsp3) is 0.450. The van der Waals surface area contributed by atoms with Crippen molar-refractivity contribution in [2.75, 3.05) is 39.4 Å². The van der Waals surface area contributed by atoms with Crippen molar-refractivity contribution in [1.29, 1.82) is 0 Å². The molecule has 1 aliphatic heterocycles. The SMILES string of the molecule is O=C(Cc1ccccc1Br)N(CCC[NH+]1CCOCC1)Cc1cccs1. The third-order valence-electron chi connectivity index (χ3n) is 4.74. The van der Waals surface area contributed by atoms with E-state index in [4.69, 9.17) is 4.74 Å². The Hall–Kier alpha value is -1.21. The number of hydrogen-bond acceptors (Lipinski definition) is 3. The van der Waals surface area contributed by atoms with Gasteiger partial charge in [0.05, 0.1) is 32.7 Å². The van der Waals surface area contributed by atoms with Gasteiger partial charge in [-0.3, -0.25) is 4.79 Å². The van der Waals surface area contributed by atoms with Gasteiger partial charge in [0, 0.05) is 22.3 Å². The lowest BCUT2D eigenvalue weighted by Crippen LogP contribution is -3.14. The molecule has 1 fully saturated rings. The van der Waals surface area contributed by atoms with Crippen molar-refractivity contribution in [2.45, 2.75) is 19.4 Å². The van der Waals surface area contributed by atoms with Gasteiger partial charge in [-0.05, 0) is 23.1 Å². The molecular formula is C20H26BrN2O2S+. The Labute approximate surface area is 167 Å². The molecule has 26 heavy (non-hydrogen) atoms. The molecule has 2 aromatic rings. The van der Waals surface area contributed by atoms with Crippen molar-refractivity contribution < 1.29 is 14.4 Å². The van der Waals surface area contributed by atoms with Gasteiger partial charge in [-0.15, -0.1) is 11.3 Å². The molecule has 1 N–H and O–H groups in total. The number of thiophene rings is 1. The first-order valence-corrected chi connectivity index (χ1v) is 10.8. The van der Waals surface area contributed by atoms with Crippen LogP contribution in [-0.4, -0.2) is 50.2 Å². The van der Waals surface area contributed by atoms with Crippen molar-refractivity contribution >= 4 is 33.2 Å². The quantitative estimate of drug-likeness (QED) is 0.687. The molecule has 3 rings (SSSR count). The minimum absolute atomic E-state index is 0.197. The second-order valence-electron chi connectivity index (χ2n) is 6.63. The van der Waals surface area contributed by atoms with E-state index in [1.54, 1.807) is 16.2 Å². The number of nitrogens with zero attached hydrogens (tertiary/aromatic N) is 1. The zero-order valence-corrected chi connectivity index (χ0v) is 17.4. The van der Waals surface area contributed by atoms with Crippen LogP contribution in [0.25, 0.3) is 0 Å². The molecule has 0 unspecified atom stereocenters. The molecule has 140 valence electrons. The van der Waals surface area contributed by atoms with Crippen LogP contribution in [0.5, 0.6) is 0 Å². The van der Waals surface area contributed by atoms with Crippen molar-refractivity contribution in [2.24, 2.45) is 0 Å². The highest BCUT2D eigenvalue weighted by molar-refractivity contribution is 9.10. The number of quaternary nitrogens is 1. The van der Waals surface area contributed by atoms with E-state index in [0.29, 0.717) is 13.0 Å². The summed E-state index contributed by atoms with van der Waals surface area (Å²) in [5.74, 6) is 0.197. The van der Waals surface area contributed by atoms with Crippen LogP contribution in [0.1, 0.15) is 16.9 Å². The molecule has 4 nitrogen and oxygen atoms in total. The lowest BCUT2D eigenvalue weighted by molar-refractivity contribution is -0.908. The molecule has 1 aromatic carbocycles. The van der Waals surface area contributed by atoms with Gasteiger partial charge in [0.25, 0.3) is 0 Å². The number of halogens is 1. The minimum atomic E-state index is 0.197. The second-order valence-corrected chi connectivity index (χ2v) is 8.52. The topological polar surface area (TPSA) is 34.0 Å². The Morgan fingerprint density at radius 2 is 2.00 bits per heavy atom. The number of benzene rings is 1. The van der Waals surface area contributed by atoms with E-state index in [0.717, 1.165) is 55.8 Å². The van der Waals surface area contributed by atoms with Crippen molar-refractivity contribution in [3.8, 4) is 0 Å². The van der Waals surface area contributed by atoms with E-state index in [2.05, 4.69) is 27.4 Å². The lowest BCUT2D eigenvalue weighted by Gasteiger charge is -2.26. The van der Waals surface area contributed by atoms with E-state index >= 15 is 0 Å². The molecule has 1 amide bonds. The molecule has 1 saturated heterocycles. The maximum atomic E-state index is 13.0. The predicted molar refractivity (Wildman–Crippen MR) is 109 cm³/mol. The van der Waals surface area contributed by atoms with Crippen molar-refractivity contribution in [3.63, 3.8) is 0 Å². The molecule has 1 aromatic heterocycles. The zero-order valence-electron chi connectivity index (χ0n) is 15.0. The minimum Gasteiger partial charge on any atom is -0.370 e. The van der Waals surface area contributed by atoms with Crippen LogP contribution in [0.4, 0.5) is 0 Å². The number of morpholine rings is 1. The molecule has 6 heteroatoms. The molecule has 0 aliphatic carbocycles. The summed E-state index contributed by atoms with van der Waals surface area (Å²) in [4.78, 5) is 17.8. The smallest absolute Gasteiger partial charge is 0.227 e. The molecule has 0 spiro atoms. The van der Waals surface area contributed by atoms with Crippen LogP contribution >= 0.6 is 27.3 Å². The van der Waals surface area contributed by atoms with Gasteiger partial charge in [-0.2, -0.15) is 0 Å². The molecular weight excluding hydrogens is 412 g/mol. The Morgan fingerprint density at radius 1 is 1.19 bits per heavy atom. The fourth-order valence-corrected chi connectivity index (χ4v) is 4.37. The van der Waals surface area contributed by atoms with Crippen LogP contribution < -0.4 is 4.90 Å². The Morgan fingerprint density at radius 3 is 2.73 bits per heavy atom. The summed E-state index contributed by atoms with van der Waals surface area (Å²) in [5, 5.41) is 2.07. The lowest BCUT2D eigenvalue weighted by atomic mass is 10.1. The number of nitrogens with one attached hydrogen (secondary N) is 1. The summed E-state index contributed by atoms with van der Waals surface area (Å²) < 4.78 is 6.43. The summed E-state index contributed by atoms with van der Waals surface area (Å²) in [6.45, 7) is 6.49. The van der Waals surface area contributed by atoms with Crippen LogP contribution in [0.15, 0.2) is 46.3 Å². The Kier molecular flexibility index (Phi) is 7.68. The number of carbonyl (C=O) groups is 1. The Balaban J connectivity index is 1.58. The first-order valence-electron chi connectivity index (χ1n) is 9.17. The van der Waals surface area contributed by atoms with Gasteiger partial charge >= 0.3 is 0 Å². The largest absolute Gasteiger partial charge is 0.370 e. The molecule has 0 bridgehead atoms. The maximum absolute atomic E-state index is 13.0. The van der Waals surface area contributed by atoms with E-state index in [1.165, 1.54) is 4.88 Å². The van der Waals surface area contributed by atoms with Gasteiger partial charge in [0.2, 0.25) is 5.91 Å². The first kappa shape index (κ1) is 19.5. The molecule has 2 heterocycles.